The predicted molar refractivity (Wildman–Crippen MR) is 83.2 cm³/mol. The first-order valence-corrected chi connectivity index (χ1v) is 8.92. The van der Waals surface area contributed by atoms with Gasteiger partial charge in [0.25, 0.3) is 0 Å². The molecule has 2 atom stereocenters. The molecule has 21 heavy (non-hydrogen) atoms. The van der Waals surface area contributed by atoms with Crippen LogP contribution in [0.3, 0.4) is 0 Å². The summed E-state index contributed by atoms with van der Waals surface area (Å²) in [5.74, 6) is -0.00535. The average Bonchev–Trinajstić information content (AvgIpc) is 3.23. The van der Waals surface area contributed by atoms with Gasteiger partial charge in [-0.25, -0.2) is 0 Å². The van der Waals surface area contributed by atoms with Gasteiger partial charge in [0.1, 0.15) is 5.54 Å². The number of nitrogens with one attached hydrogen (secondary N) is 1. The molecular formula is C17H30N2O2. The molecule has 0 aromatic rings. The van der Waals surface area contributed by atoms with Gasteiger partial charge in [-0.05, 0) is 65.0 Å². The molecule has 0 radical (unpaired) electrons. The molecule has 2 aliphatic carbocycles. The van der Waals surface area contributed by atoms with Crippen LogP contribution in [0.1, 0.15) is 64.7 Å². The van der Waals surface area contributed by atoms with Crippen LogP contribution in [0, 0.1) is 0 Å². The molecule has 1 aliphatic heterocycles. The fraction of sp³-hybridized carbons (Fsp3) is 0.941. The number of likely N-dealkylation sites (tertiary alicyclic amines) is 1. The standard InChI is InChI=1S/C17H30N2O2/c1-2-21-16(20)17(18-14-7-8-14)10-9-15(13-17)19-11-5-3-4-6-12-19/h14-15,18H,2-13H2,1H3. The van der Waals surface area contributed by atoms with Crippen LogP contribution in [0.4, 0.5) is 0 Å². The molecule has 1 N–H and O–H groups in total. The molecule has 1 saturated heterocycles. The van der Waals surface area contributed by atoms with Gasteiger partial charge in [0.05, 0.1) is 6.61 Å². The van der Waals surface area contributed by atoms with E-state index in [2.05, 4.69) is 10.2 Å². The van der Waals surface area contributed by atoms with Gasteiger partial charge in [0.2, 0.25) is 0 Å². The monoisotopic (exact) mass is 294 g/mol. The lowest BCUT2D eigenvalue weighted by Gasteiger charge is -2.31. The summed E-state index contributed by atoms with van der Waals surface area (Å²) >= 11 is 0. The van der Waals surface area contributed by atoms with Crippen molar-refractivity contribution < 1.29 is 9.53 Å². The van der Waals surface area contributed by atoms with Gasteiger partial charge in [-0.2, -0.15) is 0 Å². The molecule has 0 bridgehead atoms. The van der Waals surface area contributed by atoms with E-state index in [1.807, 2.05) is 6.92 Å². The summed E-state index contributed by atoms with van der Waals surface area (Å²) in [5, 5.41) is 3.63. The summed E-state index contributed by atoms with van der Waals surface area (Å²) < 4.78 is 5.40. The van der Waals surface area contributed by atoms with E-state index in [1.165, 1.54) is 51.6 Å². The minimum absolute atomic E-state index is 0.00535. The topological polar surface area (TPSA) is 41.6 Å². The van der Waals surface area contributed by atoms with Crippen molar-refractivity contribution in [3.8, 4) is 0 Å². The maximum absolute atomic E-state index is 12.5. The smallest absolute Gasteiger partial charge is 0.326 e. The van der Waals surface area contributed by atoms with Crippen molar-refractivity contribution >= 4 is 5.97 Å². The van der Waals surface area contributed by atoms with Crippen LogP contribution in [0.25, 0.3) is 0 Å². The zero-order valence-electron chi connectivity index (χ0n) is 13.4. The van der Waals surface area contributed by atoms with Crippen LogP contribution >= 0.6 is 0 Å². The minimum atomic E-state index is -0.395. The van der Waals surface area contributed by atoms with Gasteiger partial charge in [-0.15, -0.1) is 0 Å². The average molecular weight is 294 g/mol. The second kappa shape index (κ2) is 6.66. The van der Waals surface area contributed by atoms with Crippen LogP contribution in [0.15, 0.2) is 0 Å². The predicted octanol–water partition coefficient (Wildman–Crippen LogP) is 2.47. The summed E-state index contributed by atoms with van der Waals surface area (Å²) in [4.78, 5) is 15.2. The van der Waals surface area contributed by atoms with Crippen molar-refractivity contribution in [2.45, 2.75) is 82.3 Å². The fourth-order valence-electron chi connectivity index (χ4n) is 4.05. The van der Waals surface area contributed by atoms with Crippen molar-refractivity contribution in [1.82, 2.24) is 10.2 Å². The molecule has 2 saturated carbocycles. The van der Waals surface area contributed by atoms with Crippen LogP contribution in [-0.2, 0) is 9.53 Å². The molecule has 1 heterocycles. The summed E-state index contributed by atoms with van der Waals surface area (Å²) in [7, 11) is 0. The van der Waals surface area contributed by atoms with Crippen molar-refractivity contribution in [1.29, 1.82) is 0 Å². The maximum Gasteiger partial charge on any atom is 0.326 e. The summed E-state index contributed by atoms with van der Waals surface area (Å²) in [5.41, 5.74) is -0.395. The minimum Gasteiger partial charge on any atom is -0.465 e. The van der Waals surface area contributed by atoms with Crippen molar-refractivity contribution in [2.24, 2.45) is 0 Å². The number of esters is 1. The molecule has 2 unspecified atom stereocenters. The Hall–Kier alpha value is -0.610. The number of rotatable bonds is 5. The van der Waals surface area contributed by atoms with Gasteiger partial charge >= 0.3 is 5.97 Å². The second-order valence-electron chi connectivity index (χ2n) is 7.07. The normalized spacial score (nSPS) is 34.6. The molecule has 3 rings (SSSR count). The lowest BCUT2D eigenvalue weighted by molar-refractivity contribution is -0.151. The fourth-order valence-corrected chi connectivity index (χ4v) is 4.05. The molecule has 4 heteroatoms. The Balaban J connectivity index is 1.65. The van der Waals surface area contributed by atoms with E-state index in [-0.39, 0.29) is 5.97 Å². The van der Waals surface area contributed by atoms with Crippen molar-refractivity contribution in [3.05, 3.63) is 0 Å². The highest BCUT2D eigenvalue weighted by Gasteiger charge is 2.50. The van der Waals surface area contributed by atoms with Gasteiger partial charge < -0.3 is 9.64 Å². The lowest BCUT2D eigenvalue weighted by Crippen LogP contribution is -2.53. The third kappa shape index (κ3) is 3.59. The number of carbonyl (C=O) groups excluding carboxylic acids is 1. The second-order valence-corrected chi connectivity index (χ2v) is 7.07. The molecule has 3 aliphatic rings. The number of hydrogen-bond donors (Lipinski definition) is 1. The van der Waals surface area contributed by atoms with Crippen molar-refractivity contribution in [3.63, 3.8) is 0 Å². The van der Waals surface area contributed by atoms with Gasteiger partial charge in [0.15, 0.2) is 0 Å². The molecule has 0 aromatic heterocycles. The Bertz CT molecular complexity index is 362. The Kier molecular flexibility index (Phi) is 4.85. The Morgan fingerprint density at radius 2 is 1.90 bits per heavy atom. The molecule has 120 valence electrons. The zero-order valence-corrected chi connectivity index (χ0v) is 13.4. The zero-order chi connectivity index (χ0) is 14.7. The quantitative estimate of drug-likeness (QED) is 0.791. The van der Waals surface area contributed by atoms with E-state index < -0.39 is 5.54 Å². The van der Waals surface area contributed by atoms with E-state index in [0.29, 0.717) is 18.7 Å². The molecule has 3 fully saturated rings. The Morgan fingerprint density at radius 1 is 1.19 bits per heavy atom. The lowest BCUT2D eigenvalue weighted by atomic mass is 9.96. The van der Waals surface area contributed by atoms with E-state index in [1.54, 1.807) is 0 Å². The number of carbonyl (C=O) groups is 1. The molecule has 0 amide bonds. The third-order valence-electron chi connectivity index (χ3n) is 5.37. The highest BCUT2D eigenvalue weighted by Crippen LogP contribution is 2.38. The van der Waals surface area contributed by atoms with Gasteiger partial charge in [0, 0.05) is 12.1 Å². The Morgan fingerprint density at radius 3 is 2.52 bits per heavy atom. The van der Waals surface area contributed by atoms with Crippen LogP contribution < -0.4 is 5.32 Å². The maximum atomic E-state index is 12.5. The molecular weight excluding hydrogens is 264 g/mol. The Labute approximate surface area is 128 Å². The van der Waals surface area contributed by atoms with E-state index in [9.17, 15) is 4.79 Å². The van der Waals surface area contributed by atoms with Crippen LogP contribution in [0.2, 0.25) is 0 Å². The first kappa shape index (κ1) is 15.3. The largest absolute Gasteiger partial charge is 0.465 e. The molecule has 0 spiro atoms. The van der Waals surface area contributed by atoms with Crippen LogP contribution in [0.5, 0.6) is 0 Å². The first-order chi connectivity index (χ1) is 10.2. The number of nitrogens with zero attached hydrogens (tertiary/aromatic N) is 1. The highest BCUT2D eigenvalue weighted by atomic mass is 16.5. The van der Waals surface area contributed by atoms with Gasteiger partial charge in [-0.3, -0.25) is 10.1 Å². The van der Waals surface area contributed by atoms with Gasteiger partial charge in [-0.1, -0.05) is 12.8 Å². The number of ether oxygens (including phenoxy) is 1. The number of hydrogen-bond acceptors (Lipinski definition) is 4. The van der Waals surface area contributed by atoms with E-state index in [4.69, 9.17) is 4.74 Å². The SMILES string of the molecule is CCOC(=O)C1(NC2CC2)CCC(N2CCCCCC2)C1. The van der Waals surface area contributed by atoms with Crippen LogP contribution in [-0.4, -0.2) is 48.2 Å². The summed E-state index contributed by atoms with van der Waals surface area (Å²) in [6.45, 7) is 4.82. The van der Waals surface area contributed by atoms with Crippen molar-refractivity contribution in [2.75, 3.05) is 19.7 Å². The molecule has 4 nitrogen and oxygen atoms in total. The molecule has 0 aromatic carbocycles. The highest BCUT2D eigenvalue weighted by molar-refractivity contribution is 5.81. The third-order valence-corrected chi connectivity index (χ3v) is 5.37. The van der Waals surface area contributed by atoms with E-state index in [0.717, 1.165) is 19.3 Å². The summed E-state index contributed by atoms with van der Waals surface area (Å²) in [6, 6.07) is 1.12. The summed E-state index contributed by atoms with van der Waals surface area (Å²) in [6.07, 6.45) is 10.8. The first-order valence-electron chi connectivity index (χ1n) is 8.92. The van der Waals surface area contributed by atoms with E-state index >= 15 is 0 Å².